The lowest BCUT2D eigenvalue weighted by Gasteiger charge is -2.32. The van der Waals surface area contributed by atoms with E-state index in [0.717, 1.165) is 34.6 Å². The van der Waals surface area contributed by atoms with Crippen molar-refractivity contribution in [2.24, 2.45) is 0 Å². The van der Waals surface area contributed by atoms with Gasteiger partial charge in [0.15, 0.2) is 0 Å². The Bertz CT molecular complexity index is 1200. The van der Waals surface area contributed by atoms with Crippen molar-refractivity contribution in [3.05, 3.63) is 48.0 Å². The molecule has 0 spiro atoms. The third kappa shape index (κ3) is 8.93. The summed E-state index contributed by atoms with van der Waals surface area (Å²) in [5.41, 5.74) is 3.66. The molecule has 2 N–H and O–H groups in total. The molecule has 0 bridgehead atoms. The van der Waals surface area contributed by atoms with Crippen LogP contribution >= 0.6 is 11.3 Å². The van der Waals surface area contributed by atoms with Crippen molar-refractivity contribution in [2.75, 3.05) is 18.5 Å². The Morgan fingerprint density at radius 1 is 1.03 bits per heavy atom. The van der Waals surface area contributed by atoms with Crippen LogP contribution in [0, 0.1) is 6.92 Å². The first-order valence-corrected chi connectivity index (χ1v) is 14.0. The number of amides is 1. The fourth-order valence-electron chi connectivity index (χ4n) is 4.03. The minimum atomic E-state index is -0.351. The van der Waals surface area contributed by atoms with Crippen LogP contribution in [0.2, 0.25) is 0 Å². The number of aryl methyl sites for hydroxylation is 1. The lowest BCUT2D eigenvalue weighted by Crippen LogP contribution is -2.47. The number of rotatable bonds is 14. The number of ketones is 1. The van der Waals surface area contributed by atoms with Crippen LogP contribution in [-0.4, -0.2) is 41.0 Å². The molecule has 2 aromatic carbocycles. The number of carbonyl (C=O) groups is 2. The molecule has 1 unspecified atom stereocenters. The molecule has 1 amide bonds. The highest BCUT2D eigenvalue weighted by Crippen LogP contribution is 2.31. The van der Waals surface area contributed by atoms with Crippen LogP contribution in [0.25, 0.3) is 20.8 Å². The Morgan fingerprint density at radius 3 is 2.43 bits per heavy atom. The predicted molar refractivity (Wildman–Crippen MR) is 154 cm³/mol. The van der Waals surface area contributed by atoms with Crippen LogP contribution in [0.5, 0.6) is 0 Å². The van der Waals surface area contributed by atoms with E-state index in [2.05, 4.69) is 61.7 Å². The van der Waals surface area contributed by atoms with E-state index in [1.165, 1.54) is 10.3 Å². The van der Waals surface area contributed by atoms with E-state index in [1.54, 1.807) is 18.3 Å². The minimum absolute atomic E-state index is 0.0223. The number of benzene rings is 2. The number of carbonyl (C=O) groups excluding carboxylic acids is 2. The van der Waals surface area contributed by atoms with Crippen molar-refractivity contribution in [3.8, 4) is 10.6 Å². The third-order valence-electron chi connectivity index (χ3n) is 6.80. The molecule has 6 nitrogen and oxygen atoms in total. The highest BCUT2D eigenvalue weighted by molar-refractivity contribution is 7.21. The van der Waals surface area contributed by atoms with E-state index in [-0.39, 0.29) is 22.8 Å². The number of hydrogen-bond donors (Lipinski definition) is 2. The van der Waals surface area contributed by atoms with Gasteiger partial charge >= 0.3 is 0 Å². The second-order valence-corrected chi connectivity index (χ2v) is 11.8. The van der Waals surface area contributed by atoms with E-state index in [0.29, 0.717) is 32.4 Å². The van der Waals surface area contributed by atoms with Gasteiger partial charge in [0.2, 0.25) is 5.91 Å². The molecule has 7 heteroatoms. The first-order valence-electron chi connectivity index (χ1n) is 13.1. The summed E-state index contributed by atoms with van der Waals surface area (Å²) < 4.78 is 7.24. The van der Waals surface area contributed by atoms with Gasteiger partial charge in [-0.3, -0.25) is 4.79 Å². The zero-order valence-electron chi connectivity index (χ0n) is 23.1. The largest absolute Gasteiger partial charge is 0.385 e. The fourth-order valence-corrected chi connectivity index (χ4v) is 5.10. The molecule has 37 heavy (non-hydrogen) atoms. The maximum absolute atomic E-state index is 12.7. The molecule has 1 heterocycles. The summed E-state index contributed by atoms with van der Waals surface area (Å²) in [6.07, 6.45) is 3.14. The molecule has 1 atom stereocenters. The molecule has 0 fully saturated rings. The summed E-state index contributed by atoms with van der Waals surface area (Å²) in [5.74, 6) is 0.198. The Labute approximate surface area is 225 Å². The van der Waals surface area contributed by atoms with E-state index < -0.39 is 0 Å². The SMILES string of the molecule is CCC(C)(CCOC(C)(C)CCC(C)=O)NC(=O)CCNc1ccc(-c2nc3ccc(C)cc3s2)cc1. The van der Waals surface area contributed by atoms with Crippen molar-refractivity contribution in [2.45, 2.75) is 84.8 Å². The maximum Gasteiger partial charge on any atom is 0.222 e. The lowest BCUT2D eigenvalue weighted by molar-refractivity contribution is -0.123. The first-order chi connectivity index (χ1) is 17.5. The number of anilines is 1. The Kier molecular flexibility index (Phi) is 9.85. The summed E-state index contributed by atoms with van der Waals surface area (Å²) in [6.45, 7) is 13.0. The Hall–Kier alpha value is -2.77. The number of thiazole rings is 1. The second kappa shape index (κ2) is 12.7. The normalized spacial score (nSPS) is 13.4. The number of ether oxygens (including phenoxy) is 1. The van der Waals surface area contributed by atoms with Gasteiger partial charge < -0.3 is 20.2 Å². The monoisotopic (exact) mass is 523 g/mol. The molecular weight excluding hydrogens is 482 g/mol. The molecule has 0 aliphatic carbocycles. The van der Waals surface area contributed by atoms with E-state index in [1.807, 2.05) is 26.0 Å². The van der Waals surface area contributed by atoms with Crippen LogP contribution < -0.4 is 10.6 Å². The fraction of sp³-hybridized carbons (Fsp3) is 0.500. The smallest absolute Gasteiger partial charge is 0.222 e. The minimum Gasteiger partial charge on any atom is -0.385 e. The van der Waals surface area contributed by atoms with Gasteiger partial charge in [-0.2, -0.15) is 0 Å². The number of aromatic nitrogens is 1. The van der Waals surface area contributed by atoms with Crippen LogP contribution in [-0.2, 0) is 14.3 Å². The number of fused-ring (bicyclic) bond motifs is 1. The van der Waals surface area contributed by atoms with Crippen LogP contribution in [0.3, 0.4) is 0 Å². The third-order valence-corrected chi connectivity index (χ3v) is 7.87. The van der Waals surface area contributed by atoms with Crippen molar-refractivity contribution in [1.82, 2.24) is 10.3 Å². The zero-order valence-corrected chi connectivity index (χ0v) is 23.9. The molecule has 3 aromatic rings. The summed E-state index contributed by atoms with van der Waals surface area (Å²) in [4.78, 5) is 28.7. The highest BCUT2D eigenvalue weighted by atomic mass is 32.1. The van der Waals surface area contributed by atoms with E-state index >= 15 is 0 Å². The van der Waals surface area contributed by atoms with Gasteiger partial charge in [-0.1, -0.05) is 13.0 Å². The van der Waals surface area contributed by atoms with Gasteiger partial charge in [0.05, 0.1) is 15.8 Å². The summed E-state index contributed by atoms with van der Waals surface area (Å²) >= 11 is 1.70. The highest BCUT2D eigenvalue weighted by Gasteiger charge is 2.26. The number of hydrogen-bond acceptors (Lipinski definition) is 6. The average molecular weight is 524 g/mol. The van der Waals surface area contributed by atoms with Gasteiger partial charge in [-0.05, 0) is 95.8 Å². The Morgan fingerprint density at radius 2 is 1.76 bits per heavy atom. The van der Waals surface area contributed by atoms with Gasteiger partial charge in [0.1, 0.15) is 10.8 Å². The van der Waals surface area contributed by atoms with Gasteiger partial charge in [-0.25, -0.2) is 4.98 Å². The predicted octanol–water partition coefficient (Wildman–Crippen LogP) is 6.91. The van der Waals surface area contributed by atoms with Gasteiger partial charge in [0.25, 0.3) is 0 Å². The molecule has 200 valence electrons. The maximum atomic E-state index is 12.7. The summed E-state index contributed by atoms with van der Waals surface area (Å²) in [6, 6.07) is 14.5. The molecule has 1 aromatic heterocycles. The summed E-state index contributed by atoms with van der Waals surface area (Å²) in [5, 5.41) is 7.55. The molecular formula is C30H41N3O3S. The second-order valence-electron chi connectivity index (χ2n) is 10.8. The van der Waals surface area contributed by atoms with Crippen molar-refractivity contribution >= 4 is 38.9 Å². The standard InChI is InChI=1S/C30H41N3O3S/c1-7-30(6,17-19-36-29(4,5)16-14-22(3)34)33-27(35)15-18-31-24-11-9-23(10-12-24)28-32-25-13-8-21(2)20-26(25)37-28/h8-13,20,31H,7,14-19H2,1-6H3,(H,33,35). The van der Waals surface area contributed by atoms with Gasteiger partial charge in [-0.15, -0.1) is 11.3 Å². The molecule has 0 radical (unpaired) electrons. The van der Waals surface area contributed by atoms with Crippen molar-refractivity contribution in [3.63, 3.8) is 0 Å². The van der Waals surface area contributed by atoms with Crippen molar-refractivity contribution < 1.29 is 14.3 Å². The molecule has 0 saturated carbocycles. The zero-order chi connectivity index (χ0) is 27.1. The van der Waals surface area contributed by atoms with Gasteiger partial charge in [0, 0.05) is 42.8 Å². The first kappa shape index (κ1) is 28.8. The molecule has 3 rings (SSSR count). The quantitative estimate of drug-likeness (QED) is 0.240. The molecule has 0 aliphatic heterocycles. The molecule has 0 saturated heterocycles. The van der Waals surface area contributed by atoms with Crippen LogP contribution in [0.4, 0.5) is 5.69 Å². The number of nitrogens with one attached hydrogen (secondary N) is 2. The number of Topliss-reactive ketones (excluding diaryl/α,β-unsaturated/α-hetero) is 1. The van der Waals surface area contributed by atoms with Crippen LogP contribution in [0.1, 0.15) is 72.3 Å². The van der Waals surface area contributed by atoms with Crippen molar-refractivity contribution in [1.29, 1.82) is 0 Å². The van der Waals surface area contributed by atoms with Crippen LogP contribution in [0.15, 0.2) is 42.5 Å². The van der Waals surface area contributed by atoms with E-state index in [9.17, 15) is 9.59 Å². The summed E-state index contributed by atoms with van der Waals surface area (Å²) in [7, 11) is 0. The molecule has 0 aliphatic rings. The van der Waals surface area contributed by atoms with E-state index in [4.69, 9.17) is 9.72 Å². The average Bonchev–Trinajstić information content (AvgIpc) is 3.26. The Balaban J connectivity index is 1.44. The topological polar surface area (TPSA) is 80.3 Å². The number of nitrogens with zero attached hydrogens (tertiary/aromatic N) is 1. The lowest BCUT2D eigenvalue weighted by atomic mass is 9.94.